The molecule has 0 unspecified atom stereocenters. The van der Waals surface area contributed by atoms with Crippen LogP contribution in [0.15, 0.2) is 36.7 Å². The van der Waals surface area contributed by atoms with Gasteiger partial charge in [-0.05, 0) is 48.9 Å². The minimum absolute atomic E-state index is 1.06. The zero-order valence-electron chi connectivity index (χ0n) is 12.6. The summed E-state index contributed by atoms with van der Waals surface area (Å²) in [5.74, 6) is 0. The van der Waals surface area contributed by atoms with Crippen molar-refractivity contribution in [1.82, 2.24) is 9.97 Å². The van der Waals surface area contributed by atoms with Gasteiger partial charge in [0.1, 0.15) is 0 Å². The highest BCUT2D eigenvalue weighted by Crippen LogP contribution is 2.15. The number of hydrogen-bond donors (Lipinski definition) is 0. The van der Waals surface area contributed by atoms with Crippen molar-refractivity contribution in [2.75, 3.05) is 0 Å². The lowest BCUT2D eigenvalue weighted by Crippen LogP contribution is -2.03. The standard InChI is InChI=1S/C18H24N2/c1-3-7-17-15(9-5-13-19-17)11-12-16-10-6-14-20-18(16)8-4-2/h5-6,9-10,13-14H,3-4,7-8,11-12H2,1-2H3. The van der Waals surface area contributed by atoms with Crippen LogP contribution in [-0.4, -0.2) is 9.97 Å². The van der Waals surface area contributed by atoms with Crippen LogP contribution in [0.3, 0.4) is 0 Å². The van der Waals surface area contributed by atoms with Crippen LogP contribution in [0, 0.1) is 0 Å². The minimum Gasteiger partial charge on any atom is -0.261 e. The molecule has 20 heavy (non-hydrogen) atoms. The van der Waals surface area contributed by atoms with Crippen LogP contribution in [0.1, 0.15) is 49.2 Å². The van der Waals surface area contributed by atoms with Crippen LogP contribution in [0.2, 0.25) is 0 Å². The molecular weight excluding hydrogens is 244 g/mol. The molecule has 0 aliphatic rings. The quantitative estimate of drug-likeness (QED) is 0.753. The van der Waals surface area contributed by atoms with E-state index in [4.69, 9.17) is 0 Å². The van der Waals surface area contributed by atoms with Crippen LogP contribution < -0.4 is 0 Å². The highest BCUT2D eigenvalue weighted by Gasteiger charge is 2.06. The lowest BCUT2D eigenvalue weighted by molar-refractivity contribution is 0.814. The maximum Gasteiger partial charge on any atom is 0.0435 e. The fraction of sp³-hybridized carbons (Fsp3) is 0.444. The van der Waals surface area contributed by atoms with Crippen molar-refractivity contribution < 1.29 is 0 Å². The number of aromatic nitrogens is 2. The van der Waals surface area contributed by atoms with Gasteiger partial charge in [-0.2, -0.15) is 0 Å². The molecular formula is C18H24N2. The Morgan fingerprint density at radius 1 is 0.700 bits per heavy atom. The summed E-state index contributed by atoms with van der Waals surface area (Å²) < 4.78 is 0. The summed E-state index contributed by atoms with van der Waals surface area (Å²) in [7, 11) is 0. The third-order valence-electron chi connectivity index (χ3n) is 3.61. The Hall–Kier alpha value is -1.70. The lowest BCUT2D eigenvalue weighted by atomic mass is 9.99. The molecule has 0 aromatic carbocycles. The largest absolute Gasteiger partial charge is 0.261 e. The fourth-order valence-corrected chi connectivity index (χ4v) is 2.59. The Balaban J connectivity index is 2.09. The fourth-order valence-electron chi connectivity index (χ4n) is 2.59. The molecule has 0 N–H and O–H groups in total. The second kappa shape index (κ2) is 7.78. The molecule has 2 rings (SSSR count). The molecule has 0 saturated carbocycles. The molecule has 2 aromatic heterocycles. The van der Waals surface area contributed by atoms with Gasteiger partial charge in [-0.25, -0.2) is 0 Å². The van der Waals surface area contributed by atoms with Crippen molar-refractivity contribution in [3.05, 3.63) is 59.2 Å². The average molecular weight is 268 g/mol. The maximum atomic E-state index is 4.52. The van der Waals surface area contributed by atoms with Crippen molar-refractivity contribution in [1.29, 1.82) is 0 Å². The van der Waals surface area contributed by atoms with E-state index >= 15 is 0 Å². The first kappa shape index (κ1) is 14.7. The van der Waals surface area contributed by atoms with Gasteiger partial charge in [0.05, 0.1) is 0 Å². The third kappa shape index (κ3) is 3.89. The summed E-state index contributed by atoms with van der Waals surface area (Å²) in [4.78, 5) is 9.05. The van der Waals surface area contributed by atoms with Gasteiger partial charge >= 0.3 is 0 Å². The Morgan fingerprint density at radius 2 is 1.15 bits per heavy atom. The molecule has 0 atom stereocenters. The summed E-state index contributed by atoms with van der Waals surface area (Å²) in [6, 6.07) is 8.52. The first-order valence-corrected chi connectivity index (χ1v) is 7.70. The second-order valence-corrected chi connectivity index (χ2v) is 5.22. The van der Waals surface area contributed by atoms with E-state index in [1.807, 2.05) is 24.5 Å². The summed E-state index contributed by atoms with van der Waals surface area (Å²) in [6.07, 6.45) is 10.4. The number of hydrogen-bond acceptors (Lipinski definition) is 2. The van der Waals surface area contributed by atoms with Gasteiger partial charge in [-0.15, -0.1) is 0 Å². The zero-order valence-corrected chi connectivity index (χ0v) is 12.6. The van der Waals surface area contributed by atoms with Crippen LogP contribution >= 0.6 is 0 Å². The SMILES string of the molecule is CCCc1ncccc1CCc1cccnc1CCC. The zero-order chi connectivity index (χ0) is 14.2. The van der Waals surface area contributed by atoms with E-state index in [0.717, 1.165) is 38.5 Å². The van der Waals surface area contributed by atoms with Crippen LogP contribution in [-0.2, 0) is 25.7 Å². The topological polar surface area (TPSA) is 25.8 Å². The Kier molecular flexibility index (Phi) is 5.72. The van der Waals surface area contributed by atoms with Crippen LogP contribution in [0.4, 0.5) is 0 Å². The van der Waals surface area contributed by atoms with Crippen LogP contribution in [0.25, 0.3) is 0 Å². The van der Waals surface area contributed by atoms with Gasteiger partial charge in [0.25, 0.3) is 0 Å². The predicted octanol–water partition coefficient (Wildman–Crippen LogP) is 4.17. The third-order valence-corrected chi connectivity index (χ3v) is 3.61. The first-order chi connectivity index (χ1) is 9.85. The number of rotatable bonds is 7. The van der Waals surface area contributed by atoms with Gasteiger partial charge in [0, 0.05) is 23.8 Å². The second-order valence-electron chi connectivity index (χ2n) is 5.22. The molecule has 0 spiro atoms. The van der Waals surface area contributed by atoms with Gasteiger partial charge < -0.3 is 0 Å². The maximum absolute atomic E-state index is 4.52. The van der Waals surface area contributed by atoms with E-state index in [1.165, 1.54) is 22.5 Å². The number of pyridine rings is 2. The van der Waals surface area contributed by atoms with Crippen molar-refractivity contribution in [2.45, 2.75) is 52.4 Å². The lowest BCUT2D eigenvalue weighted by Gasteiger charge is -2.10. The molecule has 0 aliphatic carbocycles. The van der Waals surface area contributed by atoms with Gasteiger partial charge in [-0.3, -0.25) is 9.97 Å². The van der Waals surface area contributed by atoms with E-state index in [0.29, 0.717) is 0 Å². The van der Waals surface area contributed by atoms with E-state index in [9.17, 15) is 0 Å². The van der Waals surface area contributed by atoms with Gasteiger partial charge in [-0.1, -0.05) is 38.8 Å². The molecule has 106 valence electrons. The van der Waals surface area contributed by atoms with Crippen molar-refractivity contribution in [2.24, 2.45) is 0 Å². The molecule has 0 amide bonds. The minimum atomic E-state index is 1.06. The number of nitrogens with zero attached hydrogens (tertiary/aromatic N) is 2. The van der Waals surface area contributed by atoms with Crippen LogP contribution in [0.5, 0.6) is 0 Å². The molecule has 2 heteroatoms. The monoisotopic (exact) mass is 268 g/mol. The molecule has 0 aliphatic heterocycles. The molecule has 2 nitrogen and oxygen atoms in total. The summed E-state index contributed by atoms with van der Waals surface area (Å²) in [5, 5.41) is 0. The average Bonchev–Trinajstić information content (AvgIpc) is 2.48. The van der Waals surface area contributed by atoms with E-state index in [2.05, 4.69) is 35.9 Å². The molecule has 2 aromatic rings. The van der Waals surface area contributed by atoms with E-state index in [-0.39, 0.29) is 0 Å². The summed E-state index contributed by atoms with van der Waals surface area (Å²) in [5.41, 5.74) is 5.30. The predicted molar refractivity (Wildman–Crippen MR) is 83.9 cm³/mol. The highest BCUT2D eigenvalue weighted by molar-refractivity contribution is 5.25. The molecule has 0 fully saturated rings. The Bertz CT molecular complexity index is 485. The smallest absolute Gasteiger partial charge is 0.0435 e. The molecule has 0 saturated heterocycles. The molecule has 0 radical (unpaired) electrons. The summed E-state index contributed by atoms with van der Waals surface area (Å²) >= 11 is 0. The highest BCUT2D eigenvalue weighted by atomic mass is 14.7. The van der Waals surface area contributed by atoms with E-state index < -0.39 is 0 Å². The first-order valence-electron chi connectivity index (χ1n) is 7.70. The molecule has 2 heterocycles. The Labute approximate surface area is 122 Å². The van der Waals surface area contributed by atoms with Crippen molar-refractivity contribution >= 4 is 0 Å². The van der Waals surface area contributed by atoms with Crippen molar-refractivity contribution in [3.8, 4) is 0 Å². The normalized spacial score (nSPS) is 10.7. The molecule has 0 bridgehead atoms. The van der Waals surface area contributed by atoms with Crippen molar-refractivity contribution in [3.63, 3.8) is 0 Å². The van der Waals surface area contributed by atoms with Gasteiger partial charge in [0.2, 0.25) is 0 Å². The van der Waals surface area contributed by atoms with E-state index in [1.54, 1.807) is 0 Å². The van der Waals surface area contributed by atoms with Gasteiger partial charge in [0.15, 0.2) is 0 Å². The summed E-state index contributed by atoms with van der Waals surface area (Å²) in [6.45, 7) is 4.41. The number of aryl methyl sites for hydroxylation is 4. The Morgan fingerprint density at radius 3 is 1.55 bits per heavy atom.